The maximum Gasteiger partial charge on any atom is 0.261 e. The number of rotatable bonds is 4. The van der Waals surface area contributed by atoms with Gasteiger partial charge in [-0.1, -0.05) is 12.1 Å². The van der Waals surface area contributed by atoms with Crippen molar-refractivity contribution in [1.29, 1.82) is 0 Å². The second-order valence-corrected chi connectivity index (χ2v) is 3.87. The van der Waals surface area contributed by atoms with Crippen LogP contribution < -0.4 is 10.5 Å². The molecule has 5 heteroatoms. The highest BCUT2D eigenvalue weighted by Gasteiger charge is 2.31. The van der Waals surface area contributed by atoms with E-state index in [1.807, 2.05) is 0 Å². The first-order valence-corrected chi connectivity index (χ1v) is 5.59. The van der Waals surface area contributed by atoms with Crippen LogP contribution in [0.4, 0.5) is 0 Å². The molecule has 0 radical (unpaired) electrons. The molecule has 1 aliphatic heterocycles. The van der Waals surface area contributed by atoms with Gasteiger partial charge in [0.1, 0.15) is 5.75 Å². The van der Waals surface area contributed by atoms with Gasteiger partial charge in [-0.25, -0.2) is 0 Å². The van der Waals surface area contributed by atoms with E-state index in [0.717, 1.165) is 4.90 Å². The third-order valence-electron chi connectivity index (χ3n) is 2.74. The second-order valence-electron chi connectivity index (χ2n) is 3.87. The lowest BCUT2D eigenvalue weighted by atomic mass is 10.1. The minimum Gasteiger partial charge on any atom is -0.497 e. The summed E-state index contributed by atoms with van der Waals surface area (Å²) >= 11 is 0. The molecule has 2 N–H and O–H groups in total. The Kier molecular flexibility index (Phi) is 3.43. The predicted molar refractivity (Wildman–Crippen MR) is 66.7 cm³/mol. The lowest BCUT2D eigenvalue weighted by Crippen LogP contribution is -2.35. The molecule has 5 nitrogen and oxygen atoms in total. The molecule has 0 spiro atoms. The summed E-state index contributed by atoms with van der Waals surface area (Å²) in [7, 11) is 1.55. The van der Waals surface area contributed by atoms with E-state index in [0.29, 0.717) is 16.9 Å². The van der Waals surface area contributed by atoms with E-state index in [1.165, 1.54) is 6.08 Å². The summed E-state index contributed by atoms with van der Waals surface area (Å²) in [5.41, 5.74) is 6.43. The molecule has 2 amide bonds. The van der Waals surface area contributed by atoms with E-state index in [1.54, 1.807) is 31.4 Å². The lowest BCUT2D eigenvalue weighted by Gasteiger charge is -2.13. The van der Waals surface area contributed by atoms with Crippen LogP contribution in [0.15, 0.2) is 30.3 Å². The molecule has 1 heterocycles. The van der Waals surface area contributed by atoms with Crippen molar-refractivity contribution in [2.24, 2.45) is 5.73 Å². The number of amides is 2. The highest BCUT2D eigenvalue weighted by Crippen LogP contribution is 2.25. The van der Waals surface area contributed by atoms with Gasteiger partial charge >= 0.3 is 0 Å². The van der Waals surface area contributed by atoms with Gasteiger partial charge in [0.05, 0.1) is 12.7 Å². The van der Waals surface area contributed by atoms with Gasteiger partial charge in [0.25, 0.3) is 11.8 Å². The van der Waals surface area contributed by atoms with Crippen LogP contribution >= 0.6 is 0 Å². The molecule has 1 aliphatic rings. The minimum atomic E-state index is -0.316. The van der Waals surface area contributed by atoms with Crippen LogP contribution in [0.2, 0.25) is 0 Å². The third-order valence-corrected chi connectivity index (χ3v) is 2.74. The Morgan fingerprint density at radius 1 is 1.33 bits per heavy atom. The number of hydrogen-bond donors (Lipinski definition) is 1. The summed E-state index contributed by atoms with van der Waals surface area (Å²) in [5, 5.41) is 0. The molecule has 94 valence electrons. The topological polar surface area (TPSA) is 72.6 Å². The standard InChI is InChI=1S/C13H14N2O3/c1-18-10-4-2-3-9(7-10)11-8-12(16)15(6-5-14)13(11)17/h2-4,7-8H,5-6,14H2,1H3. The Labute approximate surface area is 105 Å². The van der Waals surface area contributed by atoms with Gasteiger partial charge in [-0.2, -0.15) is 0 Å². The Hall–Kier alpha value is -2.14. The molecule has 0 saturated heterocycles. The van der Waals surface area contributed by atoms with Gasteiger partial charge in [-0.15, -0.1) is 0 Å². The first kappa shape index (κ1) is 12.3. The fraction of sp³-hybridized carbons (Fsp3) is 0.231. The highest BCUT2D eigenvalue weighted by molar-refractivity contribution is 6.33. The number of imide groups is 1. The fourth-order valence-electron chi connectivity index (χ4n) is 1.85. The number of nitrogens with two attached hydrogens (primary N) is 1. The molecule has 0 aromatic heterocycles. The van der Waals surface area contributed by atoms with Gasteiger partial charge in [-0.3, -0.25) is 14.5 Å². The van der Waals surface area contributed by atoms with Gasteiger partial charge < -0.3 is 10.5 Å². The van der Waals surface area contributed by atoms with Crippen molar-refractivity contribution in [1.82, 2.24) is 4.90 Å². The Bertz CT molecular complexity index is 523. The number of carbonyl (C=O) groups excluding carboxylic acids is 2. The molecule has 0 bridgehead atoms. The summed E-state index contributed by atoms with van der Waals surface area (Å²) in [5.74, 6) is 0.0212. The van der Waals surface area contributed by atoms with Crippen LogP contribution in [0.25, 0.3) is 5.57 Å². The molecule has 18 heavy (non-hydrogen) atoms. The Morgan fingerprint density at radius 2 is 2.11 bits per heavy atom. The van der Waals surface area contributed by atoms with E-state index >= 15 is 0 Å². The number of nitrogens with zero attached hydrogens (tertiary/aromatic N) is 1. The predicted octanol–water partition coefficient (Wildman–Crippen LogP) is 0.406. The molecule has 1 aromatic rings. The minimum absolute atomic E-state index is 0.238. The Balaban J connectivity index is 2.31. The molecule has 0 aliphatic carbocycles. The smallest absolute Gasteiger partial charge is 0.261 e. The van der Waals surface area contributed by atoms with Crippen molar-refractivity contribution >= 4 is 17.4 Å². The summed E-state index contributed by atoms with van der Waals surface area (Å²) < 4.78 is 5.09. The lowest BCUT2D eigenvalue weighted by molar-refractivity contribution is -0.136. The monoisotopic (exact) mass is 246 g/mol. The van der Waals surface area contributed by atoms with Crippen LogP contribution in [0, 0.1) is 0 Å². The van der Waals surface area contributed by atoms with Crippen LogP contribution in [-0.4, -0.2) is 36.9 Å². The van der Waals surface area contributed by atoms with E-state index in [4.69, 9.17) is 10.5 Å². The average Bonchev–Trinajstić information content (AvgIpc) is 2.67. The van der Waals surface area contributed by atoms with E-state index in [9.17, 15) is 9.59 Å². The number of benzene rings is 1. The fourth-order valence-corrected chi connectivity index (χ4v) is 1.85. The number of carbonyl (C=O) groups is 2. The van der Waals surface area contributed by atoms with Crippen molar-refractivity contribution < 1.29 is 14.3 Å². The molecule has 2 rings (SSSR count). The van der Waals surface area contributed by atoms with Crippen molar-refractivity contribution in [2.75, 3.05) is 20.2 Å². The molecule has 0 unspecified atom stereocenters. The molecule has 0 fully saturated rings. The van der Waals surface area contributed by atoms with Crippen molar-refractivity contribution in [3.05, 3.63) is 35.9 Å². The third kappa shape index (κ3) is 2.12. The zero-order valence-electron chi connectivity index (χ0n) is 10.1. The largest absolute Gasteiger partial charge is 0.497 e. The van der Waals surface area contributed by atoms with Crippen LogP contribution in [0.5, 0.6) is 5.75 Å². The van der Waals surface area contributed by atoms with Gasteiger partial charge in [0, 0.05) is 19.2 Å². The SMILES string of the molecule is COc1cccc(C2=CC(=O)N(CCN)C2=O)c1. The molecule has 0 atom stereocenters. The highest BCUT2D eigenvalue weighted by atomic mass is 16.5. The number of hydrogen-bond acceptors (Lipinski definition) is 4. The zero-order chi connectivity index (χ0) is 13.1. The second kappa shape index (κ2) is 5.01. The van der Waals surface area contributed by atoms with Gasteiger partial charge in [0.15, 0.2) is 0 Å². The van der Waals surface area contributed by atoms with Crippen molar-refractivity contribution in [3.63, 3.8) is 0 Å². The molecular weight excluding hydrogens is 232 g/mol. The van der Waals surface area contributed by atoms with Crippen molar-refractivity contribution in [3.8, 4) is 5.75 Å². The summed E-state index contributed by atoms with van der Waals surface area (Å²) in [4.78, 5) is 24.8. The molecule has 0 saturated carbocycles. The first-order chi connectivity index (χ1) is 8.67. The van der Waals surface area contributed by atoms with Crippen LogP contribution in [0.3, 0.4) is 0 Å². The van der Waals surface area contributed by atoms with Gasteiger partial charge in [0.2, 0.25) is 0 Å². The normalized spacial score (nSPS) is 15.0. The van der Waals surface area contributed by atoms with E-state index in [2.05, 4.69) is 0 Å². The van der Waals surface area contributed by atoms with E-state index in [-0.39, 0.29) is 24.9 Å². The summed E-state index contributed by atoms with van der Waals surface area (Å²) in [6, 6.07) is 7.05. The molecule has 1 aromatic carbocycles. The van der Waals surface area contributed by atoms with Crippen molar-refractivity contribution in [2.45, 2.75) is 0 Å². The quantitative estimate of drug-likeness (QED) is 0.781. The van der Waals surface area contributed by atoms with Crippen LogP contribution in [0.1, 0.15) is 5.56 Å². The maximum absolute atomic E-state index is 12.0. The average molecular weight is 246 g/mol. The summed E-state index contributed by atoms with van der Waals surface area (Å²) in [6.45, 7) is 0.498. The Morgan fingerprint density at radius 3 is 2.78 bits per heavy atom. The van der Waals surface area contributed by atoms with Crippen LogP contribution in [-0.2, 0) is 9.59 Å². The number of ether oxygens (including phenoxy) is 1. The van der Waals surface area contributed by atoms with Gasteiger partial charge in [-0.05, 0) is 17.7 Å². The van der Waals surface area contributed by atoms with E-state index < -0.39 is 0 Å². The first-order valence-electron chi connectivity index (χ1n) is 5.59. The summed E-state index contributed by atoms with van der Waals surface area (Å²) in [6.07, 6.45) is 1.34. The zero-order valence-corrected chi connectivity index (χ0v) is 10.1. The number of methoxy groups -OCH3 is 1. The molecular formula is C13H14N2O3. The maximum atomic E-state index is 12.0.